The molecule has 1 aromatic rings. The number of nitrogens with zero attached hydrogens (tertiary/aromatic N) is 1. The molecule has 0 aromatic carbocycles. The molecule has 2 aliphatic heterocycles. The van der Waals surface area contributed by atoms with Crippen molar-refractivity contribution in [3.8, 4) is 0 Å². The highest BCUT2D eigenvalue weighted by molar-refractivity contribution is 7.17. The smallest absolute Gasteiger partial charge is 0.263 e. The second-order valence-electron chi connectivity index (χ2n) is 5.03. The summed E-state index contributed by atoms with van der Waals surface area (Å²) in [6, 6.07) is 0. The van der Waals surface area contributed by atoms with Gasteiger partial charge < -0.3 is 15.4 Å². The Balaban J connectivity index is 1.70. The minimum Gasteiger partial charge on any atom is -0.381 e. The molecule has 1 aromatic heterocycles. The molecule has 0 aliphatic carbocycles. The molecule has 2 amide bonds. The monoisotopic (exact) mass is 295 g/mol. The van der Waals surface area contributed by atoms with Gasteiger partial charge >= 0.3 is 0 Å². The highest BCUT2D eigenvalue weighted by Crippen LogP contribution is 2.26. The van der Waals surface area contributed by atoms with E-state index >= 15 is 0 Å². The van der Waals surface area contributed by atoms with Crippen LogP contribution in [0.1, 0.15) is 34.6 Å². The molecule has 3 rings (SSSR count). The predicted molar refractivity (Wildman–Crippen MR) is 74.9 cm³/mol. The number of amides is 2. The van der Waals surface area contributed by atoms with Crippen molar-refractivity contribution in [3.63, 3.8) is 0 Å². The van der Waals surface area contributed by atoms with E-state index in [0.29, 0.717) is 29.8 Å². The van der Waals surface area contributed by atoms with Crippen molar-refractivity contribution >= 4 is 28.3 Å². The molecule has 2 aliphatic rings. The lowest BCUT2D eigenvalue weighted by molar-refractivity contribution is -0.122. The summed E-state index contributed by atoms with van der Waals surface area (Å²) in [4.78, 5) is 29.0. The average molecular weight is 295 g/mol. The summed E-state index contributed by atoms with van der Waals surface area (Å²) in [6.07, 6.45) is 3.16. The molecular formula is C13H17N3O3S. The van der Waals surface area contributed by atoms with Gasteiger partial charge in [0.05, 0.1) is 5.69 Å². The van der Waals surface area contributed by atoms with E-state index in [0.717, 1.165) is 31.4 Å². The van der Waals surface area contributed by atoms with Crippen LogP contribution in [0.4, 0.5) is 5.13 Å². The highest BCUT2D eigenvalue weighted by Gasteiger charge is 2.25. The lowest BCUT2D eigenvalue weighted by atomic mass is 10.00. The highest BCUT2D eigenvalue weighted by atomic mass is 32.1. The predicted octanol–water partition coefficient (Wildman–Crippen LogP) is 1.18. The summed E-state index contributed by atoms with van der Waals surface area (Å²) < 4.78 is 5.25. The maximum absolute atomic E-state index is 12.1. The number of thiazole rings is 1. The minimum absolute atomic E-state index is 0.0127. The van der Waals surface area contributed by atoms with Crippen LogP contribution in [0.5, 0.6) is 0 Å². The number of aromatic nitrogens is 1. The first-order valence-electron chi connectivity index (χ1n) is 6.90. The maximum atomic E-state index is 12.1. The summed E-state index contributed by atoms with van der Waals surface area (Å²) in [5.74, 6) is -0.111. The molecule has 20 heavy (non-hydrogen) atoms. The number of carbonyl (C=O) groups excluding carboxylic acids is 2. The molecule has 7 heteroatoms. The second kappa shape index (κ2) is 5.88. The third kappa shape index (κ3) is 2.83. The first kappa shape index (κ1) is 13.5. The van der Waals surface area contributed by atoms with E-state index in [1.165, 1.54) is 11.3 Å². The van der Waals surface area contributed by atoms with Crippen LogP contribution in [0.15, 0.2) is 0 Å². The largest absolute Gasteiger partial charge is 0.381 e. The fourth-order valence-corrected chi connectivity index (χ4v) is 3.39. The number of hydrogen-bond acceptors (Lipinski definition) is 5. The Morgan fingerprint density at radius 3 is 3.00 bits per heavy atom. The quantitative estimate of drug-likeness (QED) is 0.858. The fraction of sp³-hybridized carbons (Fsp3) is 0.615. The number of anilines is 1. The summed E-state index contributed by atoms with van der Waals surface area (Å²) in [6.45, 7) is 1.95. The van der Waals surface area contributed by atoms with E-state index in [4.69, 9.17) is 4.74 Å². The molecule has 0 bridgehead atoms. The molecule has 0 atom stereocenters. The third-order valence-electron chi connectivity index (χ3n) is 3.60. The van der Waals surface area contributed by atoms with Crippen LogP contribution in [-0.4, -0.2) is 36.6 Å². The molecule has 1 saturated heterocycles. The van der Waals surface area contributed by atoms with E-state index in [1.54, 1.807) is 0 Å². The van der Waals surface area contributed by atoms with Crippen LogP contribution in [-0.2, 0) is 16.0 Å². The van der Waals surface area contributed by atoms with Gasteiger partial charge in [-0.15, -0.1) is 0 Å². The molecule has 6 nitrogen and oxygen atoms in total. The molecule has 1 fully saturated rings. The van der Waals surface area contributed by atoms with E-state index in [9.17, 15) is 9.59 Å². The Bertz CT molecular complexity index is 523. The van der Waals surface area contributed by atoms with Gasteiger partial charge in [-0.1, -0.05) is 11.3 Å². The number of fused-ring (bicyclic) bond motifs is 1. The molecule has 3 heterocycles. The topological polar surface area (TPSA) is 80.3 Å². The number of hydrogen-bond donors (Lipinski definition) is 2. The number of ether oxygens (including phenoxy) is 1. The zero-order valence-corrected chi connectivity index (χ0v) is 11.9. The van der Waals surface area contributed by atoms with E-state index < -0.39 is 0 Å². The van der Waals surface area contributed by atoms with Crippen molar-refractivity contribution in [3.05, 3.63) is 10.6 Å². The van der Waals surface area contributed by atoms with E-state index in [-0.39, 0.29) is 17.7 Å². The van der Waals surface area contributed by atoms with Gasteiger partial charge in [-0.2, -0.15) is 0 Å². The van der Waals surface area contributed by atoms with Crippen molar-refractivity contribution in [1.82, 2.24) is 10.3 Å². The lowest BCUT2D eigenvalue weighted by Crippen LogP contribution is -2.28. The number of rotatable bonds is 2. The van der Waals surface area contributed by atoms with Crippen LogP contribution in [0.2, 0.25) is 0 Å². The Kier molecular flexibility index (Phi) is 3.98. The summed E-state index contributed by atoms with van der Waals surface area (Å²) >= 11 is 1.26. The van der Waals surface area contributed by atoms with Crippen LogP contribution in [0, 0.1) is 5.92 Å². The average Bonchev–Trinajstić information content (AvgIpc) is 2.79. The first-order chi connectivity index (χ1) is 9.74. The molecule has 0 saturated carbocycles. The molecule has 108 valence electrons. The molecule has 0 radical (unpaired) electrons. The normalized spacial score (nSPS) is 19.9. The zero-order valence-electron chi connectivity index (χ0n) is 11.1. The van der Waals surface area contributed by atoms with E-state index in [2.05, 4.69) is 15.6 Å². The van der Waals surface area contributed by atoms with Crippen molar-refractivity contribution in [2.24, 2.45) is 5.92 Å². The van der Waals surface area contributed by atoms with Crippen LogP contribution < -0.4 is 10.6 Å². The summed E-state index contributed by atoms with van der Waals surface area (Å²) in [5, 5.41) is 6.21. The van der Waals surface area contributed by atoms with Crippen molar-refractivity contribution in [2.75, 3.05) is 25.1 Å². The Morgan fingerprint density at radius 2 is 2.20 bits per heavy atom. The molecule has 2 N–H and O–H groups in total. The van der Waals surface area contributed by atoms with Gasteiger partial charge in [-0.05, 0) is 25.7 Å². The van der Waals surface area contributed by atoms with Gasteiger partial charge in [-0.3, -0.25) is 9.59 Å². The second-order valence-corrected chi connectivity index (χ2v) is 6.03. The maximum Gasteiger partial charge on any atom is 0.263 e. The first-order valence-corrected chi connectivity index (χ1v) is 7.72. The van der Waals surface area contributed by atoms with Gasteiger partial charge in [0.2, 0.25) is 5.91 Å². The molecule has 0 unspecified atom stereocenters. The van der Waals surface area contributed by atoms with E-state index in [1.807, 2.05) is 0 Å². The Morgan fingerprint density at radius 1 is 1.40 bits per heavy atom. The van der Waals surface area contributed by atoms with Gasteiger partial charge in [0, 0.05) is 25.7 Å². The van der Waals surface area contributed by atoms with Crippen molar-refractivity contribution in [2.45, 2.75) is 25.7 Å². The van der Waals surface area contributed by atoms with Gasteiger partial charge in [0.1, 0.15) is 4.88 Å². The third-order valence-corrected chi connectivity index (χ3v) is 4.61. The van der Waals surface area contributed by atoms with Crippen molar-refractivity contribution in [1.29, 1.82) is 0 Å². The SMILES string of the molecule is O=C1NCCCc2nc(NC(=O)C3CCOCC3)sc21. The Labute approximate surface area is 120 Å². The standard InChI is InChI=1S/C13H17N3O3S/c17-11(8-3-6-19-7-4-8)16-13-15-9-2-1-5-14-12(18)10(9)20-13/h8H,1-7H2,(H,14,18)(H,15,16,17). The number of aryl methyl sites for hydroxylation is 1. The van der Waals surface area contributed by atoms with Crippen LogP contribution >= 0.6 is 11.3 Å². The summed E-state index contributed by atoms with van der Waals surface area (Å²) in [7, 11) is 0. The van der Waals surface area contributed by atoms with Gasteiger partial charge in [0.25, 0.3) is 5.91 Å². The molecular weight excluding hydrogens is 278 g/mol. The van der Waals surface area contributed by atoms with Crippen molar-refractivity contribution < 1.29 is 14.3 Å². The van der Waals surface area contributed by atoms with Gasteiger partial charge in [0.15, 0.2) is 5.13 Å². The lowest BCUT2D eigenvalue weighted by Gasteiger charge is -2.20. The zero-order chi connectivity index (χ0) is 13.9. The van der Waals surface area contributed by atoms with Crippen LogP contribution in [0.3, 0.4) is 0 Å². The Hall–Kier alpha value is -1.47. The van der Waals surface area contributed by atoms with Gasteiger partial charge in [-0.25, -0.2) is 4.98 Å². The minimum atomic E-state index is -0.0819. The fourth-order valence-electron chi connectivity index (χ4n) is 2.46. The van der Waals surface area contributed by atoms with Crippen LogP contribution in [0.25, 0.3) is 0 Å². The number of carbonyl (C=O) groups is 2. The molecule has 0 spiro atoms. The number of nitrogens with one attached hydrogen (secondary N) is 2. The summed E-state index contributed by atoms with van der Waals surface area (Å²) in [5.41, 5.74) is 0.798.